The van der Waals surface area contributed by atoms with E-state index in [0.717, 1.165) is 0 Å². The Labute approximate surface area is 147 Å². The fourth-order valence-corrected chi connectivity index (χ4v) is 2.47. The Morgan fingerprint density at radius 2 is 1.96 bits per heavy atom. The fourth-order valence-electron chi connectivity index (χ4n) is 2.47. The van der Waals surface area contributed by atoms with Crippen molar-refractivity contribution in [3.63, 3.8) is 0 Å². The number of rotatable bonds is 4. The van der Waals surface area contributed by atoms with Crippen LogP contribution in [0.3, 0.4) is 0 Å². The van der Waals surface area contributed by atoms with E-state index in [-0.39, 0.29) is 16.9 Å². The zero-order valence-electron chi connectivity index (χ0n) is 13.9. The van der Waals surface area contributed by atoms with Gasteiger partial charge >= 0.3 is 5.63 Å². The van der Waals surface area contributed by atoms with Crippen LogP contribution < -0.4 is 15.7 Å². The third kappa shape index (κ3) is 3.25. The van der Waals surface area contributed by atoms with Crippen molar-refractivity contribution < 1.29 is 18.9 Å². The molecule has 0 saturated carbocycles. The van der Waals surface area contributed by atoms with Crippen LogP contribution >= 0.6 is 0 Å². The van der Waals surface area contributed by atoms with Gasteiger partial charge in [-0.05, 0) is 42.8 Å². The van der Waals surface area contributed by atoms with E-state index < -0.39 is 16.5 Å². The molecule has 1 amide bonds. The molecule has 0 aliphatic rings. The minimum absolute atomic E-state index is 0.00395. The van der Waals surface area contributed by atoms with Crippen LogP contribution in [0.4, 0.5) is 11.4 Å². The van der Waals surface area contributed by atoms with E-state index in [2.05, 4.69) is 5.32 Å². The molecule has 1 heterocycles. The summed E-state index contributed by atoms with van der Waals surface area (Å²) in [5.74, 6) is -0.262. The highest BCUT2D eigenvalue weighted by molar-refractivity contribution is 6.06. The van der Waals surface area contributed by atoms with E-state index in [1.165, 1.54) is 25.3 Å². The highest BCUT2D eigenvalue weighted by atomic mass is 16.6. The number of amides is 1. The fraction of sp³-hybridized carbons (Fsp3) is 0.111. The number of hydrogen-bond acceptors (Lipinski definition) is 6. The van der Waals surface area contributed by atoms with Crippen molar-refractivity contribution in [2.75, 3.05) is 12.4 Å². The van der Waals surface area contributed by atoms with Gasteiger partial charge in [0.1, 0.15) is 22.6 Å². The van der Waals surface area contributed by atoms with Gasteiger partial charge in [-0.1, -0.05) is 6.07 Å². The number of ether oxygens (including phenoxy) is 1. The van der Waals surface area contributed by atoms with Gasteiger partial charge in [0.05, 0.1) is 12.0 Å². The molecule has 132 valence electrons. The Hall–Kier alpha value is -3.68. The number of carbonyl (C=O) groups is 1. The number of aryl methyl sites for hydroxylation is 1. The summed E-state index contributed by atoms with van der Waals surface area (Å²) in [6, 6.07) is 10.5. The lowest BCUT2D eigenvalue weighted by Gasteiger charge is -2.07. The molecule has 1 N–H and O–H groups in total. The predicted octanol–water partition coefficient (Wildman–Crippen LogP) is 3.27. The smallest absolute Gasteiger partial charge is 0.349 e. The van der Waals surface area contributed by atoms with E-state index in [1.807, 2.05) is 0 Å². The van der Waals surface area contributed by atoms with E-state index in [4.69, 9.17) is 9.15 Å². The average molecular weight is 354 g/mol. The summed E-state index contributed by atoms with van der Waals surface area (Å²) in [5.41, 5.74) is -0.392. The summed E-state index contributed by atoms with van der Waals surface area (Å²) in [5, 5.41) is 14.1. The van der Waals surface area contributed by atoms with Crippen molar-refractivity contribution in [1.82, 2.24) is 0 Å². The molecule has 0 aliphatic heterocycles. The number of nitrogens with one attached hydrogen (secondary N) is 1. The number of nitro benzene ring substituents is 1. The first-order valence-electron chi connectivity index (χ1n) is 7.57. The molecule has 0 bridgehead atoms. The van der Waals surface area contributed by atoms with Gasteiger partial charge in [-0.3, -0.25) is 14.9 Å². The topological polar surface area (TPSA) is 112 Å². The molecule has 0 aliphatic carbocycles. The summed E-state index contributed by atoms with van der Waals surface area (Å²) >= 11 is 0. The lowest BCUT2D eigenvalue weighted by atomic mass is 10.1. The molecule has 2 aromatic carbocycles. The molecular weight excluding hydrogens is 340 g/mol. The number of benzene rings is 2. The molecule has 0 radical (unpaired) electrons. The third-order valence-electron chi connectivity index (χ3n) is 3.78. The summed E-state index contributed by atoms with van der Waals surface area (Å²) < 4.78 is 10.2. The highest BCUT2D eigenvalue weighted by Crippen LogP contribution is 2.26. The Morgan fingerprint density at radius 1 is 1.19 bits per heavy atom. The highest BCUT2D eigenvalue weighted by Gasteiger charge is 2.19. The second-order valence-corrected chi connectivity index (χ2v) is 5.58. The molecule has 3 rings (SSSR count). The molecular formula is C18H14N2O6. The van der Waals surface area contributed by atoms with Crippen molar-refractivity contribution in [1.29, 1.82) is 0 Å². The number of nitrogens with zero attached hydrogens (tertiary/aromatic N) is 1. The first-order valence-corrected chi connectivity index (χ1v) is 7.57. The van der Waals surface area contributed by atoms with Gasteiger partial charge in [0.2, 0.25) is 0 Å². The molecule has 0 unspecified atom stereocenters. The van der Waals surface area contributed by atoms with Crippen molar-refractivity contribution >= 4 is 28.3 Å². The SMILES string of the molecule is COc1ccc2oc(=O)c(C(=O)Nc3ccc(C)cc3[N+](=O)[O-])cc2c1. The number of hydrogen-bond donors (Lipinski definition) is 1. The largest absolute Gasteiger partial charge is 0.497 e. The van der Waals surface area contributed by atoms with Crippen LogP contribution in [-0.2, 0) is 0 Å². The lowest BCUT2D eigenvalue weighted by molar-refractivity contribution is -0.384. The standard InChI is InChI=1S/C18H14N2O6/c1-10-3-5-14(15(7-10)20(23)24)19-17(21)13-9-11-8-12(25-2)4-6-16(11)26-18(13)22/h3-9H,1-2H3,(H,19,21). The minimum atomic E-state index is -0.838. The second kappa shape index (κ2) is 6.67. The summed E-state index contributed by atoms with van der Waals surface area (Å²) in [6.07, 6.45) is 0. The number of nitro groups is 1. The van der Waals surface area contributed by atoms with Crippen LogP contribution in [-0.4, -0.2) is 17.9 Å². The quantitative estimate of drug-likeness (QED) is 0.437. The molecule has 8 nitrogen and oxygen atoms in total. The zero-order chi connectivity index (χ0) is 18.8. The third-order valence-corrected chi connectivity index (χ3v) is 3.78. The maximum atomic E-state index is 12.5. The molecule has 0 saturated heterocycles. The van der Waals surface area contributed by atoms with Crippen LogP contribution in [0.15, 0.2) is 51.7 Å². The lowest BCUT2D eigenvalue weighted by Crippen LogP contribution is -2.21. The molecule has 0 atom stereocenters. The number of methoxy groups -OCH3 is 1. The van der Waals surface area contributed by atoms with Crippen LogP contribution in [0, 0.1) is 17.0 Å². The van der Waals surface area contributed by atoms with Crippen LogP contribution in [0.1, 0.15) is 15.9 Å². The van der Waals surface area contributed by atoms with E-state index in [9.17, 15) is 19.7 Å². The van der Waals surface area contributed by atoms with E-state index in [1.54, 1.807) is 31.2 Å². The van der Waals surface area contributed by atoms with E-state index in [0.29, 0.717) is 22.3 Å². The number of fused-ring (bicyclic) bond motifs is 1. The van der Waals surface area contributed by atoms with Crippen molar-refractivity contribution in [3.05, 3.63) is 74.1 Å². The van der Waals surface area contributed by atoms with Gasteiger partial charge in [0.15, 0.2) is 0 Å². The average Bonchev–Trinajstić information content (AvgIpc) is 2.61. The van der Waals surface area contributed by atoms with Crippen LogP contribution in [0.5, 0.6) is 5.75 Å². The van der Waals surface area contributed by atoms with Gasteiger partial charge in [-0.15, -0.1) is 0 Å². The number of anilines is 1. The van der Waals surface area contributed by atoms with Gasteiger partial charge in [-0.25, -0.2) is 4.79 Å². The van der Waals surface area contributed by atoms with Gasteiger partial charge in [-0.2, -0.15) is 0 Å². The molecule has 8 heteroatoms. The number of carbonyl (C=O) groups excluding carboxylic acids is 1. The molecule has 0 fully saturated rings. The maximum Gasteiger partial charge on any atom is 0.349 e. The van der Waals surface area contributed by atoms with Crippen molar-refractivity contribution in [2.24, 2.45) is 0 Å². The van der Waals surface area contributed by atoms with Crippen molar-refractivity contribution in [2.45, 2.75) is 6.92 Å². The van der Waals surface area contributed by atoms with Crippen LogP contribution in [0.2, 0.25) is 0 Å². The first kappa shape index (κ1) is 17.2. The van der Waals surface area contributed by atoms with Crippen LogP contribution in [0.25, 0.3) is 11.0 Å². The molecule has 1 aromatic heterocycles. The van der Waals surface area contributed by atoms with Gasteiger partial charge in [0.25, 0.3) is 11.6 Å². The maximum absolute atomic E-state index is 12.5. The predicted molar refractivity (Wildman–Crippen MR) is 94.8 cm³/mol. The summed E-state index contributed by atoms with van der Waals surface area (Å²) in [4.78, 5) is 35.1. The minimum Gasteiger partial charge on any atom is -0.497 e. The summed E-state index contributed by atoms with van der Waals surface area (Å²) in [6.45, 7) is 1.70. The molecule has 3 aromatic rings. The van der Waals surface area contributed by atoms with Crippen molar-refractivity contribution in [3.8, 4) is 5.75 Å². The molecule has 0 spiro atoms. The Kier molecular flexibility index (Phi) is 4.40. The Balaban J connectivity index is 2.01. The Morgan fingerprint density at radius 3 is 2.65 bits per heavy atom. The van der Waals surface area contributed by atoms with Gasteiger partial charge < -0.3 is 14.5 Å². The second-order valence-electron chi connectivity index (χ2n) is 5.58. The normalized spacial score (nSPS) is 10.5. The van der Waals surface area contributed by atoms with Gasteiger partial charge in [0, 0.05) is 11.5 Å². The zero-order valence-corrected chi connectivity index (χ0v) is 13.9. The first-order chi connectivity index (χ1) is 12.4. The summed E-state index contributed by atoms with van der Waals surface area (Å²) in [7, 11) is 1.49. The monoisotopic (exact) mass is 354 g/mol. The Bertz CT molecular complexity index is 1090. The van der Waals surface area contributed by atoms with E-state index >= 15 is 0 Å². The molecule has 26 heavy (non-hydrogen) atoms.